The third kappa shape index (κ3) is 4.69. The molecular formula is C25H27N5O4. The molecule has 0 radical (unpaired) electrons. The smallest absolute Gasteiger partial charge is 0.317 e. The van der Waals surface area contributed by atoms with Crippen LogP contribution in [0, 0.1) is 20.8 Å². The van der Waals surface area contributed by atoms with E-state index < -0.39 is 5.97 Å². The van der Waals surface area contributed by atoms with E-state index in [0.717, 1.165) is 16.7 Å². The zero-order chi connectivity index (χ0) is 24.4. The number of hydrogen-bond donors (Lipinski definition) is 3. The summed E-state index contributed by atoms with van der Waals surface area (Å²) in [5.74, 6) is -0.884. The van der Waals surface area contributed by atoms with Crippen LogP contribution < -0.4 is 5.56 Å². The summed E-state index contributed by atoms with van der Waals surface area (Å²) in [6.07, 6.45) is 2.53. The minimum Gasteiger partial charge on any atom is -0.505 e. The molecule has 34 heavy (non-hydrogen) atoms. The van der Waals surface area contributed by atoms with Crippen LogP contribution >= 0.6 is 0 Å². The predicted molar refractivity (Wildman–Crippen MR) is 130 cm³/mol. The van der Waals surface area contributed by atoms with Gasteiger partial charge in [0.25, 0.3) is 5.56 Å². The minimum atomic E-state index is -0.862. The lowest BCUT2D eigenvalue weighted by Gasteiger charge is -2.25. The lowest BCUT2D eigenvalue weighted by atomic mass is 9.98. The van der Waals surface area contributed by atoms with Crippen LogP contribution in [-0.2, 0) is 4.79 Å². The van der Waals surface area contributed by atoms with Gasteiger partial charge in [-0.15, -0.1) is 10.2 Å². The fraction of sp³-hybridized carbons (Fsp3) is 0.280. The molecule has 9 nitrogen and oxygen atoms in total. The van der Waals surface area contributed by atoms with Crippen LogP contribution in [0.1, 0.15) is 28.8 Å². The maximum atomic E-state index is 13.0. The van der Waals surface area contributed by atoms with Crippen LogP contribution in [0.25, 0.3) is 11.3 Å². The SMILES string of the molecule is Cc1ccc(-n2[nH]c(C)c(N=Nc3cccc(C4=CCN(CC(=O)O)CC4)c3O)c2=O)cc1C. The number of nitrogens with zero attached hydrogens (tertiary/aromatic N) is 4. The van der Waals surface area contributed by atoms with E-state index in [1.54, 1.807) is 25.1 Å². The average molecular weight is 462 g/mol. The number of azo groups is 1. The summed E-state index contributed by atoms with van der Waals surface area (Å²) in [6, 6.07) is 10.9. The van der Waals surface area contributed by atoms with E-state index in [1.165, 1.54) is 4.68 Å². The molecule has 0 spiro atoms. The largest absolute Gasteiger partial charge is 0.505 e. The molecule has 176 valence electrons. The van der Waals surface area contributed by atoms with E-state index in [0.29, 0.717) is 36.5 Å². The topological polar surface area (TPSA) is 123 Å². The Balaban J connectivity index is 1.60. The summed E-state index contributed by atoms with van der Waals surface area (Å²) >= 11 is 0. The first kappa shape index (κ1) is 23.2. The Hall–Kier alpha value is -3.98. The number of phenols is 1. The molecule has 0 amide bonds. The zero-order valence-corrected chi connectivity index (χ0v) is 19.4. The number of nitrogens with one attached hydrogen (secondary N) is 1. The second kappa shape index (κ2) is 9.48. The summed E-state index contributed by atoms with van der Waals surface area (Å²) in [5.41, 5.74) is 5.14. The van der Waals surface area contributed by atoms with E-state index in [9.17, 15) is 14.7 Å². The van der Waals surface area contributed by atoms with Gasteiger partial charge in [-0.05, 0) is 62.1 Å². The van der Waals surface area contributed by atoms with Gasteiger partial charge in [0, 0.05) is 18.7 Å². The number of phenolic OH excluding ortho intramolecular Hbond substituents is 1. The fourth-order valence-corrected chi connectivity index (χ4v) is 3.97. The molecule has 0 fully saturated rings. The van der Waals surface area contributed by atoms with Crippen molar-refractivity contribution in [3.05, 3.63) is 75.2 Å². The Morgan fingerprint density at radius 1 is 1.12 bits per heavy atom. The number of hydrogen-bond acceptors (Lipinski definition) is 6. The number of carbonyl (C=O) groups is 1. The van der Waals surface area contributed by atoms with E-state index in [2.05, 4.69) is 15.3 Å². The summed E-state index contributed by atoms with van der Waals surface area (Å²) < 4.78 is 1.43. The molecule has 1 aliphatic heterocycles. The molecule has 1 aliphatic rings. The minimum absolute atomic E-state index is 0.0142. The zero-order valence-electron chi connectivity index (χ0n) is 19.4. The molecule has 2 heterocycles. The van der Waals surface area contributed by atoms with Gasteiger partial charge in [-0.3, -0.25) is 19.6 Å². The first-order chi connectivity index (χ1) is 16.2. The van der Waals surface area contributed by atoms with Gasteiger partial charge in [-0.2, -0.15) is 0 Å². The molecule has 0 unspecified atom stereocenters. The van der Waals surface area contributed by atoms with E-state index in [-0.39, 0.29) is 29.2 Å². The molecule has 2 aromatic carbocycles. The van der Waals surface area contributed by atoms with Gasteiger partial charge >= 0.3 is 5.97 Å². The number of para-hydroxylation sites is 1. The first-order valence-electron chi connectivity index (χ1n) is 11.0. The second-order valence-corrected chi connectivity index (χ2v) is 8.48. The summed E-state index contributed by atoms with van der Waals surface area (Å²) in [7, 11) is 0. The molecule has 0 saturated carbocycles. The van der Waals surface area contributed by atoms with Crippen molar-refractivity contribution in [2.75, 3.05) is 19.6 Å². The normalized spacial score (nSPS) is 14.5. The monoisotopic (exact) mass is 461 g/mol. The summed E-state index contributed by atoms with van der Waals surface area (Å²) in [6.45, 7) is 6.81. The van der Waals surface area contributed by atoms with Crippen molar-refractivity contribution in [1.82, 2.24) is 14.7 Å². The van der Waals surface area contributed by atoms with Crippen molar-refractivity contribution in [3.8, 4) is 11.4 Å². The van der Waals surface area contributed by atoms with E-state index >= 15 is 0 Å². The van der Waals surface area contributed by atoms with Gasteiger partial charge < -0.3 is 10.2 Å². The Labute approximate surface area is 196 Å². The van der Waals surface area contributed by atoms with Crippen molar-refractivity contribution in [3.63, 3.8) is 0 Å². The Kier molecular flexibility index (Phi) is 6.47. The number of carboxylic acid groups (broad SMARTS) is 1. The lowest BCUT2D eigenvalue weighted by molar-refractivity contribution is -0.138. The van der Waals surface area contributed by atoms with Gasteiger partial charge in [0.05, 0.1) is 17.9 Å². The highest BCUT2D eigenvalue weighted by molar-refractivity contribution is 5.76. The molecule has 3 aromatic rings. The van der Waals surface area contributed by atoms with Crippen molar-refractivity contribution < 1.29 is 15.0 Å². The van der Waals surface area contributed by atoms with Crippen LogP contribution in [-0.4, -0.2) is 50.5 Å². The molecule has 1 aromatic heterocycles. The van der Waals surface area contributed by atoms with Crippen molar-refractivity contribution in [2.45, 2.75) is 27.2 Å². The Bertz CT molecular complexity index is 1370. The van der Waals surface area contributed by atoms with Crippen molar-refractivity contribution in [1.29, 1.82) is 0 Å². The number of aromatic amines is 1. The van der Waals surface area contributed by atoms with Gasteiger partial charge in [0.15, 0.2) is 11.4 Å². The molecular weight excluding hydrogens is 434 g/mol. The van der Waals surface area contributed by atoms with Crippen molar-refractivity contribution in [2.24, 2.45) is 10.2 Å². The van der Waals surface area contributed by atoms with Crippen LogP contribution in [0.2, 0.25) is 0 Å². The predicted octanol–water partition coefficient (Wildman–Crippen LogP) is 4.39. The average Bonchev–Trinajstić information content (AvgIpc) is 3.08. The number of carboxylic acids is 1. The van der Waals surface area contributed by atoms with Gasteiger partial charge in [-0.1, -0.05) is 24.3 Å². The van der Waals surface area contributed by atoms with E-state index in [1.807, 2.05) is 43.0 Å². The Morgan fingerprint density at radius 3 is 2.59 bits per heavy atom. The summed E-state index contributed by atoms with van der Waals surface area (Å²) in [5, 5.41) is 31.1. The second-order valence-electron chi connectivity index (χ2n) is 8.48. The first-order valence-corrected chi connectivity index (χ1v) is 11.0. The Morgan fingerprint density at radius 2 is 1.91 bits per heavy atom. The van der Waals surface area contributed by atoms with Crippen LogP contribution in [0.4, 0.5) is 11.4 Å². The molecule has 0 saturated heterocycles. The standard InChI is InChI=1S/C25H27N5O4/c1-15-7-8-19(13-16(15)2)30-25(34)23(17(3)28-30)27-26-21-6-4-5-20(24(21)33)18-9-11-29(12-10-18)14-22(31)32/h4-9,13,28,33H,10-12,14H2,1-3H3,(H,31,32). The molecule has 9 heteroatoms. The van der Waals surface area contributed by atoms with Crippen LogP contribution in [0.5, 0.6) is 5.75 Å². The quantitative estimate of drug-likeness (QED) is 0.470. The molecule has 0 aliphatic carbocycles. The van der Waals surface area contributed by atoms with Gasteiger partial charge in [0.2, 0.25) is 0 Å². The molecule has 0 bridgehead atoms. The highest BCUT2D eigenvalue weighted by atomic mass is 16.4. The number of rotatable bonds is 6. The highest BCUT2D eigenvalue weighted by Gasteiger charge is 2.19. The maximum absolute atomic E-state index is 13.0. The van der Waals surface area contributed by atoms with Crippen LogP contribution in [0.3, 0.4) is 0 Å². The number of H-pyrrole nitrogens is 1. The summed E-state index contributed by atoms with van der Waals surface area (Å²) in [4.78, 5) is 25.7. The van der Waals surface area contributed by atoms with Gasteiger partial charge in [-0.25, -0.2) is 4.68 Å². The molecule has 0 atom stereocenters. The van der Waals surface area contributed by atoms with E-state index in [4.69, 9.17) is 5.11 Å². The fourth-order valence-electron chi connectivity index (χ4n) is 3.97. The number of aromatic hydroxyl groups is 1. The molecule has 3 N–H and O–H groups in total. The number of benzene rings is 2. The van der Waals surface area contributed by atoms with Gasteiger partial charge in [0.1, 0.15) is 5.69 Å². The number of aliphatic carboxylic acids is 1. The molecule has 4 rings (SSSR count). The third-order valence-corrected chi connectivity index (χ3v) is 6.06. The third-order valence-electron chi connectivity index (χ3n) is 6.06. The van der Waals surface area contributed by atoms with Crippen LogP contribution in [0.15, 0.2) is 57.5 Å². The lowest BCUT2D eigenvalue weighted by Crippen LogP contribution is -2.33. The van der Waals surface area contributed by atoms with Crippen molar-refractivity contribution >= 4 is 22.9 Å². The highest BCUT2D eigenvalue weighted by Crippen LogP contribution is 2.37. The number of aryl methyl sites for hydroxylation is 3. The maximum Gasteiger partial charge on any atom is 0.317 e. The number of aromatic nitrogens is 2.